The SMILES string of the molecule is COCC(=O)Nc1ccc(N2C(=S)N[C@H](c3ccccn3)[C@H]2c2cc(C)n(-c3ccccc3C(=O)O)c2C)cc1Cl. The van der Waals surface area contributed by atoms with Crippen molar-refractivity contribution >= 4 is 52.2 Å². The number of para-hydroxylation sites is 1. The molecule has 1 aliphatic heterocycles. The van der Waals surface area contributed by atoms with E-state index < -0.39 is 5.97 Å². The minimum absolute atomic E-state index is 0.0906. The summed E-state index contributed by atoms with van der Waals surface area (Å²) in [5, 5.41) is 16.9. The van der Waals surface area contributed by atoms with Crippen LogP contribution < -0.4 is 15.5 Å². The number of carbonyl (C=O) groups is 2. The summed E-state index contributed by atoms with van der Waals surface area (Å²) in [6.45, 7) is 3.83. The van der Waals surface area contributed by atoms with Crippen LogP contribution in [0, 0.1) is 13.8 Å². The highest BCUT2D eigenvalue weighted by Crippen LogP contribution is 2.45. The number of hydrogen-bond donors (Lipinski definition) is 3. The molecule has 0 saturated carbocycles. The minimum atomic E-state index is -1.00. The van der Waals surface area contributed by atoms with Crippen LogP contribution in [0.3, 0.4) is 0 Å². The Balaban J connectivity index is 1.63. The van der Waals surface area contributed by atoms with Crippen molar-refractivity contribution in [3.63, 3.8) is 0 Å². The lowest BCUT2D eigenvalue weighted by molar-refractivity contribution is -0.119. The molecule has 1 fully saturated rings. The fourth-order valence-electron chi connectivity index (χ4n) is 5.33. The quantitative estimate of drug-likeness (QED) is 0.228. The molecular formula is C30H28ClN5O4S. The maximum atomic E-state index is 12.1. The first-order valence-corrected chi connectivity index (χ1v) is 13.6. The number of rotatable bonds is 8. The molecule has 3 heterocycles. The first-order valence-electron chi connectivity index (χ1n) is 12.8. The molecule has 210 valence electrons. The number of carboxylic acids is 1. The molecule has 5 rings (SSSR count). The van der Waals surface area contributed by atoms with Gasteiger partial charge < -0.3 is 29.9 Å². The van der Waals surface area contributed by atoms with Gasteiger partial charge in [0.2, 0.25) is 5.91 Å². The standard InChI is InChI=1S/C30H28ClN5O4S/c1-17-14-21(18(2)35(17)25-10-5-4-8-20(25)29(38)39)28-27(24-9-6-7-13-32-24)34-30(41)36(28)19-11-12-23(22(31)15-19)33-26(37)16-40-3/h4-15,27-28H,16H2,1-3H3,(H,33,37)(H,34,41)(H,38,39)/t27-,28-/m1/s1. The van der Waals surface area contributed by atoms with E-state index in [0.29, 0.717) is 21.5 Å². The third-order valence-corrected chi connectivity index (χ3v) is 7.67. The highest BCUT2D eigenvalue weighted by atomic mass is 35.5. The number of carbonyl (C=O) groups excluding carboxylic acids is 1. The summed E-state index contributed by atoms with van der Waals surface area (Å²) in [5.41, 5.74) is 5.44. The molecule has 2 aromatic carbocycles. The van der Waals surface area contributed by atoms with Gasteiger partial charge in [0, 0.05) is 30.4 Å². The molecule has 4 aromatic rings. The molecule has 0 bridgehead atoms. The second-order valence-electron chi connectivity index (χ2n) is 9.63. The van der Waals surface area contributed by atoms with Crippen molar-refractivity contribution in [1.29, 1.82) is 0 Å². The summed E-state index contributed by atoms with van der Waals surface area (Å²) in [5.74, 6) is -1.32. The number of thiocarbonyl (C=S) groups is 1. The number of methoxy groups -OCH3 is 1. The van der Waals surface area contributed by atoms with Crippen LogP contribution in [0.5, 0.6) is 0 Å². The number of benzene rings is 2. The summed E-state index contributed by atoms with van der Waals surface area (Å²) in [7, 11) is 1.45. The van der Waals surface area contributed by atoms with Crippen LogP contribution in [0.25, 0.3) is 5.69 Å². The minimum Gasteiger partial charge on any atom is -0.478 e. The first-order chi connectivity index (χ1) is 19.7. The number of halogens is 1. The molecule has 2 aromatic heterocycles. The fraction of sp³-hybridized carbons (Fsp3) is 0.200. The smallest absolute Gasteiger partial charge is 0.337 e. The van der Waals surface area contributed by atoms with Gasteiger partial charge in [0.05, 0.1) is 39.7 Å². The molecule has 0 aliphatic carbocycles. The first kappa shape index (κ1) is 28.3. The molecule has 1 aliphatic rings. The monoisotopic (exact) mass is 589 g/mol. The Labute approximate surface area is 247 Å². The second-order valence-corrected chi connectivity index (χ2v) is 10.4. The van der Waals surface area contributed by atoms with Crippen LogP contribution in [0.15, 0.2) is 72.9 Å². The van der Waals surface area contributed by atoms with Crippen molar-refractivity contribution < 1.29 is 19.4 Å². The molecule has 2 atom stereocenters. The Hall–Kier alpha value is -4.25. The van der Waals surface area contributed by atoms with Crippen molar-refractivity contribution in [2.24, 2.45) is 0 Å². The van der Waals surface area contributed by atoms with Crippen LogP contribution >= 0.6 is 23.8 Å². The molecule has 1 saturated heterocycles. The van der Waals surface area contributed by atoms with E-state index in [1.807, 2.05) is 53.6 Å². The van der Waals surface area contributed by atoms with Gasteiger partial charge in [-0.2, -0.15) is 0 Å². The Kier molecular flexibility index (Phi) is 8.07. The van der Waals surface area contributed by atoms with E-state index >= 15 is 0 Å². The van der Waals surface area contributed by atoms with E-state index in [1.165, 1.54) is 7.11 Å². The zero-order valence-corrected chi connectivity index (χ0v) is 24.2. The average molecular weight is 590 g/mol. The molecular weight excluding hydrogens is 562 g/mol. The molecule has 3 N–H and O–H groups in total. The van der Waals surface area contributed by atoms with Crippen molar-refractivity contribution in [1.82, 2.24) is 14.9 Å². The maximum absolute atomic E-state index is 12.1. The number of ether oxygens (including phenoxy) is 1. The fourth-order valence-corrected chi connectivity index (χ4v) is 5.90. The molecule has 0 radical (unpaired) electrons. The van der Waals surface area contributed by atoms with Gasteiger partial charge in [-0.1, -0.05) is 29.8 Å². The maximum Gasteiger partial charge on any atom is 0.337 e. The number of carboxylic acid groups (broad SMARTS) is 1. The topological polar surface area (TPSA) is 109 Å². The van der Waals surface area contributed by atoms with Crippen LogP contribution in [-0.2, 0) is 9.53 Å². The van der Waals surface area contributed by atoms with Gasteiger partial charge in [0.15, 0.2) is 5.11 Å². The molecule has 1 amide bonds. The van der Waals surface area contributed by atoms with E-state index in [1.54, 1.807) is 36.5 Å². The third-order valence-electron chi connectivity index (χ3n) is 7.04. The van der Waals surface area contributed by atoms with Crippen LogP contribution in [-0.4, -0.2) is 45.4 Å². The zero-order chi connectivity index (χ0) is 29.3. The lowest BCUT2D eigenvalue weighted by atomic mass is 9.96. The number of nitrogens with one attached hydrogen (secondary N) is 2. The number of anilines is 2. The van der Waals surface area contributed by atoms with E-state index in [4.69, 9.17) is 28.6 Å². The Morgan fingerprint density at radius 2 is 1.88 bits per heavy atom. The summed E-state index contributed by atoms with van der Waals surface area (Å²) < 4.78 is 6.85. The highest BCUT2D eigenvalue weighted by Gasteiger charge is 2.42. The summed E-state index contributed by atoms with van der Waals surface area (Å²) in [6, 6.07) is 19.4. The van der Waals surface area contributed by atoms with Crippen molar-refractivity contribution in [3.8, 4) is 5.69 Å². The zero-order valence-electron chi connectivity index (χ0n) is 22.6. The number of aromatic nitrogens is 2. The van der Waals surface area contributed by atoms with Crippen LogP contribution in [0.1, 0.15) is 45.1 Å². The molecule has 0 unspecified atom stereocenters. The van der Waals surface area contributed by atoms with Crippen molar-refractivity contribution in [2.75, 3.05) is 23.9 Å². The largest absolute Gasteiger partial charge is 0.478 e. The van der Waals surface area contributed by atoms with Crippen LogP contribution in [0.4, 0.5) is 11.4 Å². The number of aryl methyl sites for hydroxylation is 1. The second kappa shape index (κ2) is 11.7. The molecule has 41 heavy (non-hydrogen) atoms. The Morgan fingerprint density at radius 3 is 2.56 bits per heavy atom. The van der Waals surface area contributed by atoms with Gasteiger partial charge in [-0.05, 0) is 80.2 Å². The number of hydrogen-bond acceptors (Lipinski definition) is 5. The molecule has 11 heteroatoms. The van der Waals surface area contributed by atoms with Crippen LogP contribution in [0.2, 0.25) is 5.02 Å². The Morgan fingerprint density at radius 1 is 1.12 bits per heavy atom. The lowest BCUT2D eigenvalue weighted by Gasteiger charge is -2.28. The molecule has 0 spiro atoms. The number of amides is 1. The number of aromatic carboxylic acids is 1. The van der Waals surface area contributed by atoms with Gasteiger partial charge in [-0.3, -0.25) is 9.78 Å². The van der Waals surface area contributed by atoms with Crippen molar-refractivity contribution in [3.05, 3.63) is 106 Å². The highest BCUT2D eigenvalue weighted by molar-refractivity contribution is 7.80. The van der Waals surface area contributed by atoms with E-state index in [9.17, 15) is 14.7 Å². The van der Waals surface area contributed by atoms with E-state index in [2.05, 4.69) is 21.7 Å². The molecule has 9 nitrogen and oxygen atoms in total. The van der Waals surface area contributed by atoms with Gasteiger partial charge in [0.25, 0.3) is 0 Å². The average Bonchev–Trinajstić information content (AvgIpc) is 3.45. The summed E-state index contributed by atoms with van der Waals surface area (Å²) >= 11 is 12.5. The summed E-state index contributed by atoms with van der Waals surface area (Å²) in [6.07, 6.45) is 1.74. The normalized spacial score (nSPS) is 16.5. The third kappa shape index (κ3) is 5.41. The lowest BCUT2D eigenvalue weighted by Crippen LogP contribution is -2.29. The van der Waals surface area contributed by atoms with Gasteiger partial charge in [-0.15, -0.1) is 0 Å². The Bertz CT molecular complexity index is 1640. The number of nitrogens with zero attached hydrogens (tertiary/aromatic N) is 3. The predicted molar refractivity (Wildman–Crippen MR) is 162 cm³/mol. The predicted octanol–water partition coefficient (Wildman–Crippen LogP) is 5.60. The van der Waals surface area contributed by atoms with Crippen molar-refractivity contribution in [2.45, 2.75) is 25.9 Å². The van der Waals surface area contributed by atoms with Gasteiger partial charge in [0.1, 0.15) is 6.61 Å². The number of pyridine rings is 1. The van der Waals surface area contributed by atoms with Gasteiger partial charge in [-0.25, -0.2) is 4.79 Å². The van der Waals surface area contributed by atoms with E-state index in [0.717, 1.165) is 28.3 Å². The van der Waals surface area contributed by atoms with Gasteiger partial charge >= 0.3 is 5.97 Å². The summed E-state index contributed by atoms with van der Waals surface area (Å²) in [4.78, 5) is 30.7. The van der Waals surface area contributed by atoms with E-state index in [-0.39, 0.29) is 30.2 Å².